The van der Waals surface area contributed by atoms with E-state index in [-0.39, 0.29) is 10.8 Å². The minimum atomic E-state index is -1.53. The number of hydrogen-bond donors (Lipinski definition) is 1. The molecular formula is C23H15ClN3O4S-. The first-order valence-corrected chi connectivity index (χ1v) is 10.7. The van der Waals surface area contributed by atoms with Crippen molar-refractivity contribution in [2.45, 2.75) is 16.3 Å². The summed E-state index contributed by atoms with van der Waals surface area (Å²) in [5.41, 5.74) is -0.414. The second-order valence-corrected chi connectivity index (χ2v) is 8.30. The van der Waals surface area contributed by atoms with Gasteiger partial charge in [0.2, 0.25) is 5.91 Å². The Morgan fingerprint density at radius 1 is 0.969 bits per heavy atom. The zero-order chi connectivity index (χ0) is 22.7. The summed E-state index contributed by atoms with van der Waals surface area (Å²) in [5, 5.41) is 19.0. The van der Waals surface area contributed by atoms with Crippen molar-refractivity contribution in [3.8, 4) is 0 Å². The Kier molecular flexibility index (Phi) is 6.25. The number of fused-ring (bicyclic) bond motifs is 1. The molecular weight excluding hydrogens is 450 g/mol. The minimum absolute atomic E-state index is 0.146. The smallest absolute Gasteiger partial charge is 0.275 e. The number of carbonyl (C=O) groups is 2. The topological polar surface area (TPSA) is 104 Å². The molecule has 0 saturated carbocycles. The molecule has 0 bridgehead atoms. The molecule has 4 aromatic rings. The molecule has 1 heterocycles. The van der Waals surface area contributed by atoms with Crippen molar-refractivity contribution in [2.75, 3.05) is 5.32 Å². The molecule has 0 spiro atoms. The Labute approximate surface area is 191 Å². The molecule has 0 aliphatic heterocycles. The molecule has 4 rings (SSSR count). The summed E-state index contributed by atoms with van der Waals surface area (Å²) >= 11 is 7.37. The third kappa shape index (κ3) is 4.66. The number of carboxylic acid groups (broad SMARTS) is 1. The van der Waals surface area contributed by atoms with Gasteiger partial charge in [-0.05, 0) is 42.5 Å². The number of halogens is 1. The number of rotatable bonds is 6. The van der Waals surface area contributed by atoms with Crippen molar-refractivity contribution >= 4 is 51.7 Å². The highest BCUT2D eigenvalue weighted by Crippen LogP contribution is 2.33. The maximum absolute atomic E-state index is 12.7. The van der Waals surface area contributed by atoms with Crippen LogP contribution in [0.1, 0.15) is 10.5 Å². The van der Waals surface area contributed by atoms with E-state index in [1.807, 2.05) is 24.3 Å². The van der Waals surface area contributed by atoms with Crippen LogP contribution < -0.4 is 16.0 Å². The third-order valence-corrected chi connectivity index (χ3v) is 5.89. The molecule has 0 unspecified atom stereocenters. The van der Waals surface area contributed by atoms with Gasteiger partial charge in [-0.15, -0.1) is 0 Å². The lowest BCUT2D eigenvalue weighted by Gasteiger charge is -2.13. The average Bonchev–Trinajstić information content (AvgIpc) is 2.78. The van der Waals surface area contributed by atoms with Gasteiger partial charge in [-0.1, -0.05) is 53.7 Å². The normalized spacial score (nSPS) is 10.8. The number of aromatic carboxylic acids is 1. The quantitative estimate of drug-likeness (QED) is 0.470. The van der Waals surface area contributed by atoms with E-state index in [0.29, 0.717) is 10.7 Å². The van der Waals surface area contributed by atoms with Gasteiger partial charge in [0.1, 0.15) is 12.2 Å². The lowest BCUT2D eigenvalue weighted by molar-refractivity contribution is -0.255. The lowest BCUT2D eigenvalue weighted by atomic mass is 10.1. The number of carbonyl (C=O) groups excluding carboxylic acids is 2. The summed E-state index contributed by atoms with van der Waals surface area (Å²) in [6.07, 6.45) is 0. The molecule has 7 nitrogen and oxygen atoms in total. The predicted molar refractivity (Wildman–Crippen MR) is 121 cm³/mol. The monoisotopic (exact) mass is 464 g/mol. The van der Waals surface area contributed by atoms with Crippen molar-refractivity contribution < 1.29 is 14.7 Å². The summed E-state index contributed by atoms with van der Waals surface area (Å²) in [6, 6.07) is 20.7. The highest BCUT2D eigenvalue weighted by molar-refractivity contribution is 7.99. The number of para-hydroxylation sites is 1. The van der Waals surface area contributed by atoms with E-state index in [2.05, 4.69) is 10.4 Å². The van der Waals surface area contributed by atoms with E-state index in [9.17, 15) is 19.5 Å². The SMILES string of the molecule is O=C(Cn1nc(C(=O)[O-])c2ccccc2c1=O)Nc1ccccc1Sc1ccc(Cl)cc1. The molecule has 0 saturated heterocycles. The van der Waals surface area contributed by atoms with Gasteiger partial charge >= 0.3 is 0 Å². The van der Waals surface area contributed by atoms with E-state index >= 15 is 0 Å². The summed E-state index contributed by atoms with van der Waals surface area (Å²) in [7, 11) is 0. The van der Waals surface area contributed by atoms with Gasteiger partial charge in [0.25, 0.3) is 5.56 Å². The Morgan fingerprint density at radius 2 is 1.62 bits per heavy atom. The van der Waals surface area contributed by atoms with Crippen LogP contribution in [0.4, 0.5) is 5.69 Å². The van der Waals surface area contributed by atoms with Gasteiger partial charge in [-0.25, -0.2) is 4.68 Å². The largest absolute Gasteiger partial charge is 0.543 e. The summed E-state index contributed by atoms with van der Waals surface area (Å²) < 4.78 is 0.831. The Morgan fingerprint density at radius 3 is 2.34 bits per heavy atom. The number of nitrogens with zero attached hydrogens (tertiary/aromatic N) is 2. The van der Waals surface area contributed by atoms with Gasteiger partial charge in [0, 0.05) is 20.2 Å². The Hall–Kier alpha value is -3.62. The maximum Gasteiger partial charge on any atom is 0.275 e. The fraction of sp³-hybridized carbons (Fsp3) is 0.0435. The summed E-state index contributed by atoms with van der Waals surface area (Å²) in [4.78, 5) is 38.6. The van der Waals surface area contributed by atoms with Gasteiger partial charge in [0.05, 0.1) is 17.0 Å². The molecule has 0 aliphatic rings. The molecule has 1 amide bonds. The first-order chi connectivity index (χ1) is 15.4. The van der Waals surface area contributed by atoms with Crippen LogP contribution in [-0.4, -0.2) is 21.7 Å². The molecule has 1 N–H and O–H groups in total. The molecule has 0 fully saturated rings. The van der Waals surface area contributed by atoms with Gasteiger partial charge in [-0.2, -0.15) is 5.10 Å². The molecule has 160 valence electrons. The first-order valence-electron chi connectivity index (χ1n) is 9.46. The molecule has 32 heavy (non-hydrogen) atoms. The third-order valence-electron chi connectivity index (χ3n) is 4.56. The van der Waals surface area contributed by atoms with E-state index < -0.39 is 29.7 Å². The van der Waals surface area contributed by atoms with Gasteiger partial charge < -0.3 is 15.2 Å². The molecule has 1 aromatic heterocycles. The molecule has 0 radical (unpaired) electrons. The van der Waals surface area contributed by atoms with Crippen LogP contribution in [0, 0.1) is 0 Å². The maximum atomic E-state index is 12.7. The van der Waals surface area contributed by atoms with E-state index in [4.69, 9.17) is 11.6 Å². The first kappa shape index (κ1) is 21.6. The molecule has 9 heteroatoms. The number of carboxylic acids is 1. The lowest BCUT2D eigenvalue weighted by Crippen LogP contribution is -2.34. The fourth-order valence-electron chi connectivity index (χ4n) is 3.11. The Balaban J connectivity index is 1.59. The number of nitrogens with one attached hydrogen (secondary N) is 1. The van der Waals surface area contributed by atoms with Crippen LogP contribution in [0.2, 0.25) is 5.02 Å². The summed E-state index contributed by atoms with van der Waals surface area (Å²) in [6.45, 7) is -0.454. The van der Waals surface area contributed by atoms with Crippen molar-refractivity contribution in [2.24, 2.45) is 0 Å². The van der Waals surface area contributed by atoms with Gasteiger partial charge in [-0.3, -0.25) is 9.59 Å². The zero-order valence-corrected chi connectivity index (χ0v) is 18.0. The Bertz CT molecular complexity index is 1390. The fourth-order valence-corrected chi connectivity index (χ4v) is 4.14. The van der Waals surface area contributed by atoms with Crippen LogP contribution in [0.3, 0.4) is 0 Å². The predicted octanol–water partition coefficient (Wildman–Crippen LogP) is 3.20. The van der Waals surface area contributed by atoms with Crippen LogP contribution in [0.5, 0.6) is 0 Å². The number of aromatic nitrogens is 2. The van der Waals surface area contributed by atoms with Crippen molar-refractivity contribution in [1.29, 1.82) is 0 Å². The van der Waals surface area contributed by atoms with Crippen LogP contribution in [-0.2, 0) is 11.3 Å². The molecule has 0 atom stereocenters. The summed E-state index contributed by atoms with van der Waals surface area (Å²) in [5.74, 6) is -2.05. The van der Waals surface area contributed by atoms with Crippen molar-refractivity contribution in [3.63, 3.8) is 0 Å². The minimum Gasteiger partial charge on any atom is -0.543 e. The number of benzene rings is 3. The zero-order valence-electron chi connectivity index (χ0n) is 16.4. The van der Waals surface area contributed by atoms with Crippen LogP contribution >= 0.6 is 23.4 Å². The standard InChI is InChI=1S/C23H16ClN3O4S/c24-14-9-11-15(12-10-14)32-19-8-4-3-7-18(19)25-20(28)13-27-22(29)17-6-2-1-5-16(17)21(26-27)23(30)31/h1-12H,13H2,(H,25,28)(H,30,31)/p-1. The average molecular weight is 465 g/mol. The van der Waals surface area contributed by atoms with Crippen molar-refractivity contribution in [1.82, 2.24) is 9.78 Å². The van der Waals surface area contributed by atoms with Crippen LogP contribution in [0.15, 0.2) is 87.4 Å². The van der Waals surface area contributed by atoms with E-state index in [1.54, 1.807) is 36.4 Å². The second kappa shape index (κ2) is 9.25. The van der Waals surface area contributed by atoms with E-state index in [1.165, 1.54) is 23.9 Å². The van der Waals surface area contributed by atoms with Gasteiger partial charge in [0.15, 0.2) is 0 Å². The number of amides is 1. The van der Waals surface area contributed by atoms with E-state index in [0.717, 1.165) is 14.5 Å². The number of anilines is 1. The highest BCUT2D eigenvalue weighted by Gasteiger charge is 2.15. The molecule has 3 aromatic carbocycles. The molecule has 0 aliphatic carbocycles. The number of hydrogen-bond acceptors (Lipinski definition) is 6. The van der Waals surface area contributed by atoms with Crippen molar-refractivity contribution in [3.05, 3.63) is 93.9 Å². The second-order valence-electron chi connectivity index (χ2n) is 6.74. The highest BCUT2D eigenvalue weighted by atomic mass is 35.5. The van der Waals surface area contributed by atoms with Crippen LogP contribution in [0.25, 0.3) is 10.8 Å².